The molecule has 2 heterocycles. The van der Waals surface area contributed by atoms with E-state index >= 15 is 0 Å². The predicted molar refractivity (Wildman–Crippen MR) is 122 cm³/mol. The Morgan fingerprint density at radius 2 is 1.77 bits per heavy atom. The van der Waals surface area contributed by atoms with Gasteiger partial charge in [0.05, 0.1) is 0 Å². The molecular formula is C24H27FN4OS. The van der Waals surface area contributed by atoms with E-state index in [0.29, 0.717) is 18.9 Å². The Morgan fingerprint density at radius 1 is 1.10 bits per heavy atom. The Labute approximate surface area is 186 Å². The van der Waals surface area contributed by atoms with Gasteiger partial charge in [-0.15, -0.1) is 0 Å². The minimum Gasteiger partial charge on any atom is -0.352 e. The summed E-state index contributed by atoms with van der Waals surface area (Å²) in [6.07, 6.45) is 3.62. The van der Waals surface area contributed by atoms with Gasteiger partial charge in [0, 0.05) is 43.2 Å². The van der Waals surface area contributed by atoms with Gasteiger partial charge in [-0.1, -0.05) is 31.2 Å². The summed E-state index contributed by atoms with van der Waals surface area (Å²) in [5.74, 6) is 1.01. The van der Waals surface area contributed by atoms with Gasteiger partial charge in [-0.3, -0.25) is 4.79 Å². The Balaban J connectivity index is 1.23. The first-order valence-corrected chi connectivity index (χ1v) is 11.6. The first-order valence-electron chi connectivity index (χ1n) is 10.8. The zero-order valence-electron chi connectivity index (χ0n) is 17.7. The molecule has 3 aromatic rings. The second-order valence-corrected chi connectivity index (χ2v) is 8.72. The summed E-state index contributed by atoms with van der Waals surface area (Å²) in [5, 5.41) is 4.03. The first-order chi connectivity index (χ1) is 15.1. The summed E-state index contributed by atoms with van der Waals surface area (Å²) < 4.78 is 17.5. The number of carbonyl (C=O) groups is 1. The van der Waals surface area contributed by atoms with Crippen LogP contribution >= 0.6 is 11.5 Å². The zero-order chi connectivity index (χ0) is 21.6. The minimum absolute atomic E-state index is 0.000332. The van der Waals surface area contributed by atoms with Crippen molar-refractivity contribution in [1.29, 1.82) is 0 Å². The highest BCUT2D eigenvalue weighted by Gasteiger charge is 2.22. The van der Waals surface area contributed by atoms with Crippen molar-refractivity contribution in [1.82, 2.24) is 14.7 Å². The van der Waals surface area contributed by atoms with Crippen molar-refractivity contribution in [2.45, 2.75) is 32.6 Å². The molecule has 5 nitrogen and oxygen atoms in total. The number of carbonyl (C=O) groups excluding carboxylic acids is 1. The zero-order valence-corrected chi connectivity index (χ0v) is 18.5. The van der Waals surface area contributed by atoms with Crippen LogP contribution in [0.3, 0.4) is 0 Å². The highest BCUT2D eigenvalue weighted by Crippen LogP contribution is 2.25. The van der Waals surface area contributed by atoms with Gasteiger partial charge in [0.25, 0.3) is 5.91 Å². The van der Waals surface area contributed by atoms with Crippen LogP contribution in [0, 0.1) is 11.7 Å². The van der Waals surface area contributed by atoms with Crippen LogP contribution in [-0.4, -0.2) is 34.9 Å². The van der Waals surface area contributed by atoms with Crippen LogP contribution < -0.4 is 10.2 Å². The molecule has 31 heavy (non-hydrogen) atoms. The van der Waals surface area contributed by atoms with Crippen LogP contribution in [0.5, 0.6) is 0 Å². The molecule has 4 rings (SSSR count). The lowest BCUT2D eigenvalue weighted by Gasteiger charge is -2.31. The number of amides is 1. The van der Waals surface area contributed by atoms with E-state index < -0.39 is 0 Å². The normalized spacial score (nSPS) is 14.6. The van der Waals surface area contributed by atoms with Gasteiger partial charge < -0.3 is 10.2 Å². The van der Waals surface area contributed by atoms with Gasteiger partial charge in [-0.25, -0.2) is 9.37 Å². The summed E-state index contributed by atoms with van der Waals surface area (Å²) in [7, 11) is 0. The molecule has 1 aliphatic rings. The molecule has 0 bridgehead atoms. The van der Waals surface area contributed by atoms with Gasteiger partial charge in [-0.05, 0) is 60.6 Å². The molecule has 0 unspecified atom stereocenters. The van der Waals surface area contributed by atoms with Crippen LogP contribution in [0.15, 0.2) is 48.5 Å². The number of halogens is 1. The summed E-state index contributed by atoms with van der Waals surface area (Å²) in [6.45, 7) is 4.64. The van der Waals surface area contributed by atoms with Crippen molar-refractivity contribution in [3.8, 4) is 0 Å². The fourth-order valence-electron chi connectivity index (χ4n) is 3.79. The van der Waals surface area contributed by atoms with Crippen molar-refractivity contribution in [3.05, 3.63) is 76.9 Å². The maximum Gasteiger partial charge on any atom is 0.251 e. The molecule has 7 heteroatoms. The number of rotatable bonds is 7. The van der Waals surface area contributed by atoms with Crippen molar-refractivity contribution < 1.29 is 9.18 Å². The SMILES string of the molecule is CCc1ccc(C(=O)NCC2CCN(c3nc(Cc4ccc(F)cc4)ns3)CC2)cc1. The topological polar surface area (TPSA) is 58.1 Å². The molecule has 2 aromatic carbocycles. The van der Waals surface area contributed by atoms with Gasteiger partial charge in [0.15, 0.2) is 0 Å². The number of piperidine rings is 1. The predicted octanol–water partition coefficient (Wildman–Crippen LogP) is 4.48. The Morgan fingerprint density at radius 3 is 2.45 bits per heavy atom. The second-order valence-electron chi connectivity index (χ2n) is 7.99. The molecule has 0 saturated carbocycles. The number of nitrogens with zero attached hydrogens (tertiary/aromatic N) is 3. The lowest BCUT2D eigenvalue weighted by atomic mass is 9.97. The molecule has 1 N–H and O–H groups in total. The number of anilines is 1. The third-order valence-corrected chi connectivity index (χ3v) is 6.61. The van der Waals surface area contributed by atoms with E-state index in [9.17, 15) is 9.18 Å². The van der Waals surface area contributed by atoms with E-state index in [1.54, 1.807) is 12.1 Å². The van der Waals surface area contributed by atoms with Crippen LogP contribution in [-0.2, 0) is 12.8 Å². The van der Waals surface area contributed by atoms with E-state index in [2.05, 4.69) is 26.5 Å². The molecule has 162 valence electrons. The van der Waals surface area contributed by atoms with Gasteiger partial charge in [0.2, 0.25) is 5.13 Å². The van der Waals surface area contributed by atoms with Crippen molar-refractivity contribution >= 4 is 22.6 Å². The Kier molecular flexibility index (Phi) is 6.92. The molecule has 0 atom stereocenters. The fraction of sp³-hybridized carbons (Fsp3) is 0.375. The van der Waals surface area contributed by atoms with Crippen LogP contribution in [0.2, 0.25) is 0 Å². The largest absolute Gasteiger partial charge is 0.352 e. The summed E-state index contributed by atoms with van der Waals surface area (Å²) in [6, 6.07) is 14.3. The van der Waals surface area contributed by atoms with Gasteiger partial charge >= 0.3 is 0 Å². The highest BCUT2D eigenvalue weighted by molar-refractivity contribution is 7.09. The molecule has 1 aromatic heterocycles. The van der Waals surface area contributed by atoms with Crippen LogP contribution in [0.1, 0.15) is 47.1 Å². The summed E-state index contributed by atoms with van der Waals surface area (Å²) >= 11 is 1.42. The summed E-state index contributed by atoms with van der Waals surface area (Å²) in [4.78, 5) is 19.3. The van der Waals surface area contributed by atoms with Crippen LogP contribution in [0.25, 0.3) is 0 Å². The molecule has 1 fully saturated rings. The lowest BCUT2D eigenvalue weighted by Crippen LogP contribution is -2.38. The lowest BCUT2D eigenvalue weighted by molar-refractivity contribution is 0.0945. The number of nitrogens with one attached hydrogen (secondary N) is 1. The molecule has 0 aliphatic carbocycles. The second kappa shape index (κ2) is 10.0. The molecule has 1 amide bonds. The average Bonchev–Trinajstić information content (AvgIpc) is 3.28. The number of hydrogen-bond acceptors (Lipinski definition) is 5. The molecule has 1 aliphatic heterocycles. The number of hydrogen-bond donors (Lipinski definition) is 1. The monoisotopic (exact) mass is 438 g/mol. The van der Waals surface area contributed by atoms with E-state index in [1.807, 2.05) is 24.3 Å². The van der Waals surface area contributed by atoms with E-state index in [-0.39, 0.29) is 11.7 Å². The Bertz CT molecular complexity index is 995. The average molecular weight is 439 g/mol. The quantitative estimate of drug-likeness (QED) is 0.591. The Hall–Kier alpha value is -2.80. The van der Waals surface area contributed by atoms with E-state index in [0.717, 1.165) is 54.4 Å². The van der Waals surface area contributed by atoms with Gasteiger partial charge in [-0.2, -0.15) is 4.37 Å². The van der Waals surface area contributed by atoms with Crippen molar-refractivity contribution in [2.75, 3.05) is 24.5 Å². The molecule has 1 saturated heterocycles. The molecule has 0 radical (unpaired) electrons. The third-order valence-electron chi connectivity index (χ3n) is 5.79. The highest BCUT2D eigenvalue weighted by atomic mass is 32.1. The number of benzene rings is 2. The van der Waals surface area contributed by atoms with Gasteiger partial charge in [0.1, 0.15) is 11.6 Å². The summed E-state index contributed by atoms with van der Waals surface area (Å²) in [5.41, 5.74) is 2.96. The smallest absolute Gasteiger partial charge is 0.251 e. The maximum absolute atomic E-state index is 13.1. The number of aromatic nitrogens is 2. The van der Waals surface area contributed by atoms with Crippen molar-refractivity contribution in [3.63, 3.8) is 0 Å². The van der Waals surface area contributed by atoms with E-state index in [1.165, 1.54) is 29.2 Å². The fourth-order valence-corrected chi connectivity index (χ4v) is 4.53. The minimum atomic E-state index is -0.232. The maximum atomic E-state index is 13.1. The van der Waals surface area contributed by atoms with Crippen molar-refractivity contribution in [2.24, 2.45) is 5.92 Å². The first kappa shape index (κ1) is 21.4. The molecule has 0 spiro atoms. The third kappa shape index (κ3) is 5.67. The van der Waals surface area contributed by atoms with Crippen LogP contribution in [0.4, 0.5) is 9.52 Å². The van der Waals surface area contributed by atoms with E-state index in [4.69, 9.17) is 0 Å². The standard InChI is InChI=1S/C24H27FN4OS/c1-2-17-3-7-20(8-4-17)23(30)26-16-19-11-13-29(14-12-19)24-27-22(28-31-24)15-18-5-9-21(25)10-6-18/h3-10,19H,2,11-16H2,1H3,(H,26,30). The number of aryl methyl sites for hydroxylation is 1. The molecular weight excluding hydrogens is 411 g/mol.